The van der Waals surface area contributed by atoms with Gasteiger partial charge in [-0.15, -0.1) is 12.3 Å². The molecule has 0 radical (unpaired) electrons. The summed E-state index contributed by atoms with van der Waals surface area (Å²) >= 11 is 1.86. The van der Waals surface area contributed by atoms with E-state index in [0.29, 0.717) is 11.7 Å². The second kappa shape index (κ2) is 5.64. The lowest BCUT2D eigenvalue weighted by molar-refractivity contribution is 0.781. The number of terminal acetylenes is 1. The fraction of sp³-hybridized carbons (Fsp3) is 0.750. The third-order valence-corrected chi connectivity index (χ3v) is 2.31. The van der Waals surface area contributed by atoms with E-state index in [1.807, 2.05) is 11.8 Å². The van der Waals surface area contributed by atoms with Crippen LogP contribution in [0.4, 0.5) is 0 Å². The molecule has 0 aliphatic heterocycles. The van der Waals surface area contributed by atoms with E-state index in [-0.39, 0.29) is 6.04 Å². The fourth-order valence-electron chi connectivity index (χ4n) is 0.526. The maximum absolute atomic E-state index is 5.67. The average molecular weight is 157 g/mol. The van der Waals surface area contributed by atoms with Gasteiger partial charge >= 0.3 is 0 Å². The van der Waals surface area contributed by atoms with Gasteiger partial charge < -0.3 is 5.73 Å². The zero-order valence-corrected chi connectivity index (χ0v) is 7.45. The molecule has 58 valence electrons. The van der Waals surface area contributed by atoms with Crippen LogP contribution < -0.4 is 5.73 Å². The Bertz CT molecular complexity index is 115. The Morgan fingerprint density at radius 1 is 1.60 bits per heavy atom. The largest absolute Gasteiger partial charge is 0.326 e. The maximum Gasteiger partial charge on any atom is 0.0246 e. The van der Waals surface area contributed by atoms with Crippen molar-refractivity contribution >= 4 is 11.8 Å². The second-order valence-corrected chi connectivity index (χ2v) is 4.16. The van der Waals surface area contributed by atoms with Crippen LogP contribution in [-0.2, 0) is 0 Å². The van der Waals surface area contributed by atoms with Crippen LogP contribution in [0.2, 0.25) is 0 Å². The summed E-state index contributed by atoms with van der Waals surface area (Å²) in [5.74, 6) is 3.53. The van der Waals surface area contributed by atoms with Crippen LogP contribution in [0, 0.1) is 12.3 Å². The number of nitrogens with two attached hydrogens (primary N) is 1. The molecule has 0 spiro atoms. The molecule has 0 rings (SSSR count). The predicted octanol–water partition coefficient (Wildman–Crippen LogP) is 1.48. The first-order chi connectivity index (χ1) is 4.66. The van der Waals surface area contributed by atoms with Gasteiger partial charge in [-0.25, -0.2) is 0 Å². The summed E-state index contributed by atoms with van der Waals surface area (Å²) in [5.41, 5.74) is 5.67. The highest BCUT2D eigenvalue weighted by Gasteiger charge is 2.01. The van der Waals surface area contributed by atoms with Crippen molar-refractivity contribution in [2.75, 3.05) is 5.75 Å². The van der Waals surface area contributed by atoms with Crippen LogP contribution in [0.3, 0.4) is 0 Å². The summed E-state index contributed by atoms with van der Waals surface area (Å²) < 4.78 is 0. The number of thioether (sulfide) groups is 1. The van der Waals surface area contributed by atoms with E-state index in [4.69, 9.17) is 12.2 Å². The molecule has 0 saturated heterocycles. The molecule has 0 amide bonds. The fourth-order valence-corrected chi connectivity index (χ4v) is 1.28. The van der Waals surface area contributed by atoms with Crippen molar-refractivity contribution in [3.05, 3.63) is 0 Å². The molecule has 0 aromatic heterocycles. The lowest BCUT2D eigenvalue weighted by Crippen LogP contribution is -2.22. The monoisotopic (exact) mass is 157 g/mol. The molecule has 0 aliphatic rings. The topological polar surface area (TPSA) is 26.0 Å². The van der Waals surface area contributed by atoms with Gasteiger partial charge in [0.05, 0.1) is 0 Å². The van der Waals surface area contributed by atoms with Gasteiger partial charge in [-0.3, -0.25) is 0 Å². The summed E-state index contributed by atoms with van der Waals surface area (Å²) in [4.78, 5) is 0. The first-order valence-corrected chi connectivity index (χ1v) is 4.52. The number of hydrogen-bond acceptors (Lipinski definition) is 2. The van der Waals surface area contributed by atoms with Gasteiger partial charge in [-0.05, 0) is 5.25 Å². The molecule has 0 aromatic rings. The molecule has 1 nitrogen and oxygen atoms in total. The van der Waals surface area contributed by atoms with Crippen LogP contribution in [0.1, 0.15) is 20.3 Å². The van der Waals surface area contributed by atoms with Gasteiger partial charge in [0.1, 0.15) is 0 Å². The van der Waals surface area contributed by atoms with Gasteiger partial charge in [0.2, 0.25) is 0 Å². The Balaban J connectivity index is 3.23. The lowest BCUT2D eigenvalue weighted by Gasteiger charge is -2.08. The van der Waals surface area contributed by atoms with Gasteiger partial charge in [0.25, 0.3) is 0 Å². The van der Waals surface area contributed by atoms with E-state index in [2.05, 4.69) is 19.8 Å². The predicted molar refractivity (Wildman–Crippen MR) is 49.0 cm³/mol. The number of rotatable bonds is 4. The molecule has 0 saturated carbocycles. The third kappa shape index (κ3) is 6.00. The van der Waals surface area contributed by atoms with E-state index in [1.54, 1.807) is 0 Å². The molecule has 0 aliphatic carbocycles. The molecular formula is C8H15NS. The van der Waals surface area contributed by atoms with Crippen molar-refractivity contribution < 1.29 is 0 Å². The summed E-state index contributed by atoms with van der Waals surface area (Å²) in [6.45, 7) is 4.32. The van der Waals surface area contributed by atoms with Crippen molar-refractivity contribution in [2.24, 2.45) is 5.73 Å². The van der Waals surface area contributed by atoms with Crippen molar-refractivity contribution in [1.82, 2.24) is 0 Å². The molecule has 1 atom stereocenters. The first kappa shape index (κ1) is 9.87. The minimum atomic E-state index is 0.178. The Morgan fingerprint density at radius 3 is 2.60 bits per heavy atom. The van der Waals surface area contributed by atoms with E-state index >= 15 is 0 Å². The van der Waals surface area contributed by atoms with Gasteiger partial charge in [0, 0.05) is 18.2 Å². The van der Waals surface area contributed by atoms with Crippen LogP contribution >= 0.6 is 11.8 Å². The summed E-state index contributed by atoms with van der Waals surface area (Å²) in [5, 5.41) is 0.656. The van der Waals surface area contributed by atoms with E-state index in [9.17, 15) is 0 Å². The minimum absolute atomic E-state index is 0.178. The Labute approximate surface area is 67.8 Å². The highest BCUT2D eigenvalue weighted by atomic mass is 32.2. The molecule has 0 bridgehead atoms. The molecular weight excluding hydrogens is 142 g/mol. The Hall–Kier alpha value is -0.130. The van der Waals surface area contributed by atoms with Crippen LogP contribution in [0.25, 0.3) is 0 Å². The van der Waals surface area contributed by atoms with Crippen LogP contribution in [0.15, 0.2) is 0 Å². The highest BCUT2D eigenvalue weighted by Crippen LogP contribution is 2.10. The molecule has 2 N–H and O–H groups in total. The molecule has 1 unspecified atom stereocenters. The van der Waals surface area contributed by atoms with Gasteiger partial charge in [0.15, 0.2) is 0 Å². The SMILES string of the molecule is C#CCC(N)CSC(C)C. The normalized spacial score (nSPS) is 13.1. The van der Waals surface area contributed by atoms with Crippen molar-refractivity contribution in [3.8, 4) is 12.3 Å². The summed E-state index contributed by atoms with van der Waals surface area (Å²) in [6.07, 6.45) is 5.79. The summed E-state index contributed by atoms with van der Waals surface area (Å²) in [6, 6.07) is 0.178. The average Bonchev–Trinajstić information content (AvgIpc) is 1.85. The van der Waals surface area contributed by atoms with Crippen LogP contribution in [0.5, 0.6) is 0 Å². The second-order valence-electron chi connectivity index (χ2n) is 2.55. The highest BCUT2D eigenvalue weighted by molar-refractivity contribution is 7.99. The Kier molecular flexibility index (Phi) is 5.57. The molecule has 0 fully saturated rings. The number of hydrogen-bond donors (Lipinski definition) is 1. The van der Waals surface area contributed by atoms with Gasteiger partial charge in [-0.2, -0.15) is 11.8 Å². The first-order valence-electron chi connectivity index (χ1n) is 3.47. The van der Waals surface area contributed by atoms with E-state index in [1.165, 1.54) is 0 Å². The Morgan fingerprint density at radius 2 is 2.20 bits per heavy atom. The summed E-state index contributed by atoms with van der Waals surface area (Å²) in [7, 11) is 0. The quantitative estimate of drug-likeness (QED) is 0.625. The molecule has 10 heavy (non-hydrogen) atoms. The molecule has 0 heterocycles. The molecule has 2 heteroatoms. The zero-order valence-electron chi connectivity index (χ0n) is 6.63. The lowest BCUT2D eigenvalue weighted by atomic mass is 10.3. The van der Waals surface area contributed by atoms with Crippen molar-refractivity contribution in [1.29, 1.82) is 0 Å². The third-order valence-electron chi connectivity index (χ3n) is 1.02. The standard InChI is InChI=1S/C8H15NS/c1-4-5-8(9)6-10-7(2)3/h1,7-8H,5-6,9H2,2-3H3. The molecule has 0 aromatic carbocycles. The van der Waals surface area contributed by atoms with E-state index in [0.717, 1.165) is 5.75 Å². The van der Waals surface area contributed by atoms with E-state index < -0.39 is 0 Å². The van der Waals surface area contributed by atoms with Crippen molar-refractivity contribution in [2.45, 2.75) is 31.6 Å². The van der Waals surface area contributed by atoms with Gasteiger partial charge in [-0.1, -0.05) is 13.8 Å². The smallest absolute Gasteiger partial charge is 0.0246 e. The van der Waals surface area contributed by atoms with Crippen LogP contribution in [-0.4, -0.2) is 17.0 Å². The maximum atomic E-state index is 5.67. The van der Waals surface area contributed by atoms with Crippen molar-refractivity contribution in [3.63, 3.8) is 0 Å². The zero-order chi connectivity index (χ0) is 7.98. The minimum Gasteiger partial charge on any atom is -0.326 e.